The minimum absolute atomic E-state index is 0.376. The van der Waals surface area contributed by atoms with Crippen LogP contribution in [0.25, 0.3) is 6.08 Å². The highest BCUT2D eigenvalue weighted by molar-refractivity contribution is 6.45. The molecule has 0 aromatic heterocycles. The van der Waals surface area contributed by atoms with Crippen LogP contribution in [0.5, 0.6) is 0 Å². The second kappa shape index (κ2) is 5.98. The van der Waals surface area contributed by atoms with Gasteiger partial charge in [0.15, 0.2) is 0 Å². The van der Waals surface area contributed by atoms with E-state index in [0.29, 0.717) is 18.7 Å². The second-order valence-electron chi connectivity index (χ2n) is 5.50. The molecular weight excluding hydrogens is 274 g/mol. The van der Waals surface area contributed by atoms with Gasteiger partial charge in [-0.2, -0.15) is 0 Å². The Labute approximate surface area is 129 Å². The molecule has 0 aliphatic carbocycles. The Morgan fingerprint density at radius 2 is 1.68 bits per heavy atom. The standard InChI is InChI=1S/C19H17NO2/c1-14-7-5-6-10-16(14)11-17-13-20(19(22)18(17)21)12-15-8-3-2-4-9-15/h2-11H,12-13H2,1H3/b17-11+. The fraction of sp³-hybridized carbons (Fsp3) is 0.158. The van der Waals surface area contributed by atoms with Gasteiger partial charge in [0, 0.05) is 12.1 Å². The van der Waals surface area contributed by atoms with Crippen LogP contribution in [0.15, 0.2) is 60.2 Å². The molecule has 0 unspecified atom stereocenters. The number of benzene rings is 2. The average molecular weight is 291 g/mol. The van der Waals surface area contributed by atoms with Crippen LogP contribution in [-0.4, -0.2) is 23.1 Å². The molecule has 1 saturated heterocycles. The predicted octanol–water partition coefficient (Wildman–Crippen LogP) is 2.99. The molecule has 0 saturated carbocycles. The average Bonchev–Trinajstić information content (AvgIpc) is 2.79. The van der Waals surface area contributed by atoms with E-state index in [0.717, 1.165) is 16.7 Å². The molecule has 3 nitrogen and oxygen atoms in total. The number of Topliss-reactive ketones (excluding diaryl/α,β-unsaturated/α-hetero) is 1. The van der Waals surface area contributed by atoms with Crippen molar-refractivity contribution < 1.29 is 9.59 Å². The molecule has 0 atom stereocenters. The summed E-state index contributed by atoms with van der Waals surface area (Å²) in [5.74, 6) is -0.803. The van der Waals surface area contributed by atoms with Gasteiger partial charge in [-0.3, -0.25) is 9.59 Å². The summed E-state index contributed by atoms with van der Waals surface area (Å²) in [6.07, 6.45) is 1.83. The van der Waals surface area contributed by atoms with Crippen molar-refractivity contribution in [1.82, 2.24) is 4.90 Å². The van der Waals surface area contributed by atoms with Gasteiger partial charge in [0.25, 0.3) is 5.91 Å². The number of nitrogens with zero attached hydrogens (tertiary/aromatic N) is 1. The van der Waals surface area contributed by atoms with Gasteiger partial charge in [-0.05, 0) is 29.7 Å². The van der Waals surface area contributed by atoms with Crippen LogP contribution < -0.4 is 0 Å². The molecule has 22 heavy (non-hydrogen) atoms. The van der Waals surface area contributed by atoms with Crippen molar-refractivity contribution in [2.45, 2.75) is 13.5 Å². The Bertz CT molecular complexity index is 747. The number of carbonyl (C=O) groups is 2. The number of hydrogen-bond donors (Lipinski definition) is 0. The van der Waals surface area contributed by atoms with Crippen molar-refractivity contribution in [1.29, 1.82) is 0 Å². The van der Waals surface area contributed by atoms with Crippen LogP contribution in [0, 0.1) is 6.92 Å². The SMILES string of the molecule is Cc1ccccc1/C=C1\CN(Cc2ccccc2)C(=O)C1=O. The zero-order chi connectivity index (χ0) is 15.5. The first-order chi connectivity index (χ1) is 10.6. The molecule has 3 heteroatoms. The van der Waals surface area contributed by atoms with E-state index in [-0.39, 0.29) is 5.78 Å². The van der Waals surface area contributed by atoms with E-state index in [1.807, 2.05) is 67.6 Å². The smallest absolute Gasteiger partial charge is 0.295 e. The molecule has 1 aliphatic rings. The summed E-state index contributed by atoms with van der Waals surface area (Å²) in [5.41, 5.74) is 3.67. The second-order valence-corrected chi connectivity index (χ2v) is 5.50. The van der Waals surface area contributed by atoms with Crippen molar-refractivity contribution in [2.24, 2.45) is 0 Å². The summed E-state index contributed by atoms with van der Waals surface area (Å²) < 4.78 is 0. The summed E-state index contributed by atoms with van der Waals surface area (Å²) in [7, 11) is 0. The van der Waals surface area contributed by atoms with Crippen LogP contribution in [0.3, 0.4) is 0 Å². The lowest BCUT2D eigenvalue weighted by molar-refractivity contribution is -0.139. The third kappa shape index (κ3) is 2.84. The van der Waals surface area contributed by atoms with E-state index in [4.69, 9.17) is 0 Å². The largest absolute Gasteiger partial charge is 0.327 e. The monoisotopic (exact) mass is 291 g/mol. The molecule has 0 radical (unpaired) electrons. The van der Waals surface area contributed by atoms with E-state index < -0.39 is 5.91 Å². The summed E-state index contributed by atoms with van der Waals surface area (Å²) in [6, 6.07) is 17.6. The molecule has 1 aliphatic heterocycles. The summed E-state index contributed by atoms with van der Waals surface area (Å²) in [5, 5.41) is 0. The third-order valence-electron chi connectivity index (χ3n) is 3.87. The van der Waals surface area contributed by atoms with Crippen molar-refractivity contribution in [2.75, 3.05) is 6.54 Å². The van der Waals surface area contributed by atoms with Crippen LogP contribution >= 0.6 is 0 Å². The lowest BCUT2D eigenvalue weighted by Gasteiger charge is -2.13. The zero-order valence-corrected chi connectivity index (χ0v) is 12.5. The lowest BCUT2D eigenvalue weighted by Crippen LogP contribution is -2.26. The number of rotatable bonds is 3. The molecular formula is C19H17NO2. The van der Waals surface area contributed by atoms with Crippen molar-refractivity contribution in [3.05, 3.63) is 76.9 Å². The number of ketones is 1. The van der Waals surface area contributed by atoms with Gasteiger partial charge in [-0.15, -0.1) is 0 Å². The fourth-order valence-electron chi connectivity index (χ4n) is 2.61. The molecule has 2 aromatic rings. The Balaban J connectivity index is 1.83. The molecule has 1 amide bonds. The van der Waals surface area contributed by atoms with Crippen molar-refractivity contribution in [3.8, 4) is 0 Å². The van der Waals surface area contributed by atoms with Crippen LogP contribution in [0.1, 0.15) is 16.7 Å². The highest BCUT2D eigenvalue weighted by Crippen LogP contribution is 2.20. The molecule has 0 N–H and O–H groups in total. The normalized spacial score (nSPS) is 16.6. The maximum atomic E-state index is 12.2. The van der Waals surface area contributed by atoms with Gasteiger partial charge in [-0.1, -0.05) is 54.6 Å². The Kier molecular flexibility index (Phi) is 3.88. The van der Waals surface area contributed by atoms with E-state index >= 15 is 0 Å². The number of likely N-dealkylation sites (tertiary alicyclic amines) is 1. The fourth-order valence-corrected chi connectivity index (χ4v) is 2.61. The first-order valence-corrected chi connectivity index (χ1v) is 7.29. The van der Waals surface area contributed by atoms with Crippen LogP contribution in [-0.2, 0) is 16.1 Å². The molecule has 110 valence electrons. The first kappa shape index (κ1) is 14.3. The third-order valence-corrected chi connectivity index (χ3v) is 3.87. The van der Waals surface area contributed by atoms with Crippen molar-refractivity contribution in [3.63, 3.8) is 0 Å². The molecule has 2 aromatic carbocycles. The van der Waals surface area contributed by atoms with Gasteiger partial charge in [0.2, 0.25) is 5.78 Å². The molecule has 0 bridgehead atoms. The molecule has 1 heterocycles. The highest BCUT2D eigenvalue weighted by Gasteiger charge is 2.33. The summed E-state index contributed by atoms with van der Waals surface area (Å²) in [6.45, 7) is 2.84. The molecule has 1 fully saturated rings. The van der Waals surface area contributed by atoms with Gasteiger partial charge in [0.1, 0.15) is 0 Å². The maximum Gasteiger partial charge on any atom is 0.295 e. The number of carbonyl (C=O) groups excluding carboxylic acids is 2. The summed E-state index contributed by atoms with van der Waals surface area (Å²) >= 11 is 0. The topological polar surface area (TPSA) is 37.4 Å². The van der Waals surface area contributed by atoms with Gasteiger partial charge in [-0.25, -0.2) is 0 Å². The number of amides is 1. The number of aryl methyl sites for hydroxylation is 1. The molecule has 3 rings (SSSR count). The van der Waals surface area contributed by atoms with Gasteiger partial charge < -0.3 is 4.90 Å². The quantitative estimate of drug-likeness (QED) is 0.644. The van der Waals surface area contributed by atoms with E-state index in [1.165, 1.54) is 0 Å². The highest BCUT2D eigenvalue weighted by atomic mass is 16.2. The van der Waals surface area contributed by atoms with E-state index in [1.54, 1.807) is 4.90 Å². The minimum atomic E-state index is -0.413. The zero-order valence-electron chi connectivity index (χ0n) is 12.5. The minimum Gasteiger partial charge on any atom is -0.327 e. The lowest BCUT2D eigenvalue weighted by atomic mass is 10.0. The van der Waals surface area contributed by atoms with Crippen LogP contribution in [0.4, 0.5) is 0 Å². The first-order valence-electron chi connectivity index (χ1n) is 7.29. The van der Waals surface area contributed by atoms with Gasteiger partial charge >= 0.3 is 0 Å². The summed E-state index contributed by atoms with van der Waals surface area (Å²) in [4.78, 5) is 25.9. The molecule has 0 spiro atoms. The van der Waals surface area contributed by atoms with E-state index in [9.17, 15) is 9.59 Å². The Hall–Kier alpha value is -2.68. The van der Waals surface area contributed by atoms with E-state index in [2.05, 4.69) is 0 Å². The maximum absolute atomic E-state index is 12.2. The van der Waals surface area contributed by atoms with Gasteiger partial charge in [0.05, 0.1) is 6.54 Å². The Morgan fingerprint density at radius 1 is 1.00 bits per heavy atom. The number of hydrogen-bond acceptors (Lipinski definition) is 2. The van der Waals surface area contributed by atoms with Crippen LogP contribution in [0.2, 0.25) is 0 Å². The predicted molar refractivity (Wildman–Crippen MR) is 86.0 cm³/mol. The Morgan fingerprint density at radius 3 is 2.41 bits per heavy atom. The van der Waals surface area contributed by atoms with Crippen molar-refractivity contribution >= 4 is 17.8 Å².